The van der Waals surface area contributed by atoms with E-state index in [4.69, 9.17) is 4.74 Å². The number of carbonyl (C=O) groups excluding carboxylic acids is 2. The van der Waals surface area contributed by atoms with Crippen LogP contribution in [0.4, 0.5) is 5.69 Å². The van der Waals surface area contributed by atoms with Gasteiger partial charge in [-0.3, -0.25) is 14.9 Å². The Bertz CT molecular complexity index is 722. The number of nitro groups is 1. The summed E-state index contributed by atoms with van der Waals surface area (Å²) in [7, 11) is 0. The van der Waals surface area contributed by atoms with Crippen LogP contribution in [-0.4, -0.2) is 65.4 Å². The normalized spacial score (nSPS) is 18.5. The van der Waals surface area contributed by atoms with Gasteiger partial charge in [0.2, 0.25) is 0 Å². The number of nitrogens with zero attached hydrogens (tertiary/aromatic N) is 3. The van der Waals surface area contributed by atoms with Gasteiger partial charge < -0.3 is 14.5 Å². The Morgan fingerprint density at radius 1 is 1.11 bits per heavy atom. The van der Waals surface area contributed by atoms with E-state index in [0.717, 1.165) is 32.0 Å². The summed E-state index contributed by atoms with van der Waals surface area (Å²) in [5, 5.41) is 11.2. The van der Waals surface area contributed by atoms with Gasteiger partial charge in [-0.1, -0.05) is 0 Å². The lowest BCUT2D eigenvalue weighted by Gasteiger charge is -2.36. The number of hydrogen-bond donors (Lipinski definition) is 0. The fraction of sp³-hybridized carbons (Fsp3) is 0.579. The van der Waals surface area contributed by atoms with Crippen LogP contribution >= 0.6 is 0 Å². The third-order valence-corrected chi connectivity index (χ3v) is 5.30. The minimum Gasteiger partial charge on any atom is -0.462 e. The topological polar surface area (TPSA) is 93.0 Å². The molecule has 0 radical (unpaired) electrons. The fourth-order valence-corrected chi connectivity index (χ4v) is 3.90. The number of ether oxygens (including phenoxy) is 1. The van der Waals surface area contributed by atoms with E-state index in [1.165, 1.54) is 25.0 Å². The Labute approximate surface area is 158 Å². The molecule has 0 spiro atoms. The summed E-state index contributed by atoms with van der Waals surface area (Å²) in [5.74, 6) is -0.938. The molecule has 2 fully saturated rings. The minimum absolute atomic E-state index is 0.0290. The van der Waals surface area contributed by atoms with Crippen molar-refractivity contribution < 1.29 is 19.2 Å². The first-order valence-electron chi connectivity index (χ1n) is 9.49. The Kier molecular flexibility index (Phi) is 6.05. The number of rotatable bonds is 5. The van der Waals surface area contributed by atoms with Gasteiger partial charge in [0.1, 0.15) is 0 Å². The molecule has 1 aromatic carbocycles. The van der Waals surface area contributed by atoms with E-state index in [1.54, 1.807) is 11.8 Å². The van der Waals surface area contributed by atoms with Crippen LogP contribution in [0.15, 0.2) is 18.2 Å². The van der Waals surface area contributed by atoms with E-state index in [-0.39, 0.29) is 29.3 Å². The Morgan fingerprint density at radius 2 is 1.74 bits per heavy atom. The molecule has 3 rings (SSSR count). The van der Waals surface area contributed by atoms with E-state index in [2.05, 4.69) is 4.90 Å². The van der Waals surface area contributed by atoms with Crippen LogP contribution in [0.2, 0.25) is 0 Å². The third kappa shape index (κ3) is 4.44. The van der Waals surface area contributed by atoms with Gasteiger partial charge in [0, 0.05) is 36.8 Å². The van der Waals surface area contributed by atoms with Crippen LogP contribution in [0.3, 0.4) is 0 Å². The van der Waals surface area contributed by atoms with E-state index in [0.29, 0.717) is 19.1 Å². The number of nitro benzene ring substituents is 1. The molecule has 2 saturated heterocycles. The SMILES string of the molecule is CCOC(=O)c1cc(C(=O)N2CCC(N3CCCC3)CC2)cc([N+](=O)[O-])c1. The lowest BCUT2D eigenvalue weighted by atomic mass is 10.0. The average molecular weight is 375 g/mol. The monoisotopic (exact) mass is 375 g/mol. The van der Waals surface area contributed by atoms with Crippen LogP contribution in [0.1, 0.15) is 53.3 Å². The highest BCUT2D eigenvalue weighted by Crippen LogP contribution is 2.24. The zero-order valence-corrected chi connectivity index (χ0v) is 15.6. The summed E-state index contributed by atoms with van der Waals surface area (Å²) in [5.41, 5.74) is -0.0934. The molecule has 0 aromatic heterocycles. The van der Waals surface area contributed by atoms with Crippen molar-refractivity contribution in [1.82, 2.24) is 9.80 Å². The summed E-state index contributed by atoms with van der Waals surface area (Å²) in [6.07, 6.45) is 4.30. The molecule has 0 bridgehead atoms. The lowest BCUT2D eigenvalue weighted by Crippen LogP contribution is -2.45. The van der Waals surface area contributed by atoms with Crippen LogP contribution < -0.4 is 0 Å². The molecule has 0 atom stereocenters. The van der Waals surface area contributed by atoms with Crippen molar-refractivity contribution in [2.24, 2.45) is 0 Å². The van der Waals surface area contributed by atoms with Crippen molar-refractivity contribution in [3.63, 3.8) is 0 Å². The molecule has 146 valence electrons. The molecule has 0 aliphatic carbocycles. The highest BCUT2D eigenvalue weighted by Gasteiger charge is 2.29. The second-order valence-corrected chi connectivity index (χ2v) is 7.01. The van der Waals surface area contributed by atoms with Crippen LogP contribution in [0, 0.1) is 10.1 Å². The second kappa shape index (κ2) is 8.47. The maximum absolute atomic E-state index is 12.9. The predicted molar refractivity (Wildman–Crippen MR) is 98.8 cm³/mol. The molecule has 0 N–H and O–H groups in total. The molecule has 0 unspecified atom stereocenters. The molecule has 2 aliphatic heterocycles. The third-order valence-electron chi connectivity index (χ3n) is 5.30. The summed E-state index contributed by atoms with van der Waals surface area (Å²) in [6, 6.07) is 4.28. The van der Waals surface area contributed by atoms with Crippen molar-refractivity contribution >= 4 is 17.6 Å². The molecule has 8 nitrogen and oxygen atoms in total. The van der Waals surface area contributed by atoms with E-state index in [1.807, 2.05) is 0 Å². The van der Waals surface area contributed by atoms with Crippen molar-refractivity contribution in [3.05, 3.63) is 39.4 Å². The van der Waals surface area contributed by atoms with E-state index in [9.17, 15) is 19.7 Å². The molecule has 2 aliphatic rings. The predicted octanol–water partition coefficient (Wildman–Crippen LogP) is 2.47. The van der Waals surface area contributed by atoms with Crippen molar-refractivity contribution in [3.8, 4) is 0 Å². The van der Waals surface area contributed by atoms with Crippen LogP contribution in [0.5, 0.6) is 0 Å². The molecule has 0 saturated carbocycles. The number of amides is 1. The second-order valence-electron chi connectivity index (χ2n) is 7.01. The fourth-order valence-electron chi connectivity index (χ4n) is 3.90. The van der Waals surface area contributed by atoms with Gasteiger partial charge in [-0.05, 0) is 51.8 Å². The number of esters is 1. The van der Waals surface area contributed by atoms with Gasteiger partial charge in [-0.25, -0.2) is 4.79 Å². The molecule has 27 heavy (non-hydrogen) atoms. The maximum atomic E-state index is 12.9. The molecule has 1 aromatic rings. The van der Waals surface area contributed by atoms with Crippen molar-refractivity contribution in [1.29, 1.82) is 0 Å². The summed E-state index contributed by atoms with van der Waals surface area (Å²) in [6.45, 7) is 5.33. The van der Waals surface area contributed by atoms with Gasteiger partial charge >= 0.3 is 5.97 Å². The molecular formula is C19H25N3O5. The smallest absolute Gasteiger partial charge is 0.338 e. The van der Waals surface area contributed by atoms with Gasteiger partial charge in [-0.15, -0.1) is 0 Å². The molecule has 1 amide bonds. The largest absolute Gasteiger partial charge is 0.462 e. The molecule has 2 heterocycles. The number of carbonyl (C=O) groups is 2. The Morgan fingerprint density at radius 3 is 2.33 bits per heavy atom. The van der Waals surface area contributed by atoms with Crippen LogP contribution in [-0.2, 0) is 4.74 Å². The summed E-state index contributed by atoms with van der Waals surface area (Å²) < 4.78 is 4.92. The maximum Gasteiger partial charge on any atom is 0.338 e. The zero-order valence-electron chi connectivity index (χ0n) is 15.6. The minimum atomic E-state index is -0.664. The van der Waals surface area contributed by atoms with E-state index >= 15 is 0 Å². The Balaban J connectivity index is 1.73. The van der Waals surface area contributed by atoms with Crippen LogP contribution in [0.25, 0.3) is 0 Å². The molecular weight excluding hydrogens is 350 g/mol. The Hall–Kier alpha value is -2.48. The summed E-state index contributed by atoms with van der Waals surface area (Å²) >= 11 is 0. The number of likely N-dealkylation sites (tertiary alicyclic amines) is 2. The van der Waals surface area contributed by atoms with Crippen molar-refractivity contribution in [2.75, 3.05) is 32.8 Å². The number of non-ortho nitro benzene ring substituents is 1. The highest BCUT2D eigenvalue weighted by atomic mass is 16.6. The zero-order chi connectivity index (χ0) is 19.4. The summed E-state index contributed by atoms with van der Waals surface area (Å²) in [4.78, 5) is 39.7. The average Bonchev–Trinajstić information content (AvgIpc) is 3.22. The number of piperidine rings is 1. The van der Waals surface area contributed by atoms with Gasteiger partial charge in [0.25, 0.3) is 11.6 Å². The number of benzene rings is 1. The standard InChI is InChI=1S/C19H25N3O5/c1-2-27-19(24)15-11-14(12-17(13-15)22(25)26)18(23)21-9-5-16(6-10-21)20-7-3-4-8-20/h11-13,16H,2-10H2,1H3. The van der Waals surface area contributed by atoms with Crippen molar-refractivity contribution in [2.45, 2.75) is 38.6 Å². The van der Waals surface area contributed by atoms with Gasteiger partial charge in [0.05, 0.1) is 17.1 Å². The van der Waals surface area contributed by atoms with Gasteiger partial charge in [0.15, 0.2) is 0 Å². The highest BCUT2D eigenvalue weighted by molar-refractivity contribution is 5.99. The first-order chi connectivity index (χ1) is 13.0. The van der Waals surface area contributed by atoms with E-state index < -0.39 is 10.9 Å². The lowest BCUT2D eigenvalue weighted by molar-refractivity contribution is -0.384. The first-order valence-corrected chi connectivity index (χ1v) is 9.49. The first kappa shape index (κ1) is 19.3. The van der Waals surface area contributed by atoms with Gasteiger partial charge in [-0.2, -0.15) is 0 Å². The quantitative estimate of drug-likeness (QED) is 0.446. The number of hydrogen-bond acceptors (Lipinski definition) is 6. The molecule has 8 heteroatoms.